The fourth-order valence-corrected chi connectivity index (χ4v) is 3.38. The van der Waals surface area contributed by atoms with Crippen molar-refractivity contribution in [3.8, 4) is 12.3 Å². The molecule has 108 valence electrons. The molecule has 0 aliphatic carbocycles. The van der Waals surface area contributed by atoms with E-state index < -0.39 is 21.8 Å². The van der Waals surface area contributed by atoms with E-state index in [-0.39, 0.29) is 20.9 Å². The van der Waals surface area contributed by atoms with Gasteiger partial charge in [0.15, 0.2) is 0 Å². The molecular weight excluding hydrogens is 304 g/mol. The summed E-state index contributed by atoms with van der Waals surface area (Å²) >= 11 is 0. The van der Waals surface area contributed by atoms with Crippen LogP contribution in [-0.2, 0) is 14.6 Å². The molecule has 0 radical (unpaired) electrons. The van der Waals surface area contributed by atoms with E-state index in [1.807, 2.05) is 0 Å². The Morgan fingerprint density at radius 1 is 0.864 bits per heavy atom. The monoisotopic (exact) mass is 312 g/mol. The van der Waals surface area contributed by atoms with Gasteiger partial charge in [-0.05, 0) is 42.5 Å². The van der Waals surface area contributed by atoms with Crippen LogP contribution in [0.5, 0.6) is 0 Å². The van der Waals surface area contributed by atoms with Crippen molar-refractivity contribution in [1.29, 1.82) is 0 Å². The van der Waals surface area contributed by atoms with Crippen molar-refractivity contribution >= 4 is 21.8 Å². The Bertz CT molecular complexity index is 947. The zero-order valence-corrected chi connectivity index (χ0v) is 11.9. The number of cyclic esters (lactones) is 2. The minimum atomic E-state index is -3.81. The Balaban J connectivity index is 2.10. The number of ether oxygens (including phenoxy) is 1. The predicted molar refractivity (Wildman–Crippen MR) is 76.0 cm³/mol. The molecular formula is C16H8O5S. The molecule has 0 atom stereocenters. The summed E-state index contributed by atoms with van der Waals surface area (Å²) in [5, 5.41) is 0. The van der Waals surface area contributed by atoms with Crippen LogP contribution in [0.15, 0.2) is 52.3 Å². The summed E-state index contributed by atoms with van der Waals surface area (Å²) in [5.74, 6) is 0.773. The number of rotatable bonds is 2. The molecule has 2 aromatic rings. The molecule has 0 amide bonds. The Morgan fingerprint density at radius 3 is 2.09 bits per heavy atom. The van der Waals surface area contributed by atoms with Gasteiger partial charge in [0, 0.05) is 5.56 Å². The first-order valence-electron chi connectivity index (χ1n) is 6.16. The van der Waals surface area contributed by atoms with E-state index in [0.29, 0.717) is 5.56 Å². The molecule has 1 aliphatic rings. The largest absolute Gasteiger partial charge is 0.386 e. The highest BCUT2D eigenvalue weighted by molar-refractivity contribution is 7.91. The number of fused-ring (bicyclic) bond motifs is 1. The van der Waals surface area contributed by atoms with Crippen molar-refractivity contribution < 1.29 is 22.7 Å². The molecule has 0 N–H and O–H groups in total. The van der Waals surface area contributed by atoms with E-state index in [9.17, 15) is 18.0 Å². The number of benzene rings is 2. The molecule has 1 aliphatic heterocycles. The number of esters is 2. The van der Waals surface area contributed by atoms with Crippen LogP contribution in [0.2, 0.25) is 0 Å². The van der Waals surface area contributed by atoms with Gasteiger partial charge in [0.05, 0.1) is 20.9 Å². The van der Waals surface area contributed by atoms with Crippen LogP contribution < -0.4 is 0 Å². The standard InChI is InChI=1S/C16H8O5S/c1-2-10-3-5-11(6-4-10)22(19,20)12-7-8-13-14(9-12)16(18)21-15(13)17/h1,3-9H. The molecule has 22 heavy (non-hydrogen) atoms. The second kappa shape index (κ2) is 4.83. The molecule has 0 aromatic heterocycles. The lowest BCUT2D eigenvalue weighted by atomic mass is 10.1. The zero-order chi connectivity index (χ0) is 15.9. The average molecular weight is 312 g/mol. The summed E-state index contributed by atoms with van der Waals surface area (Å²) in [7, 11) is -3.81. The third-order valence-corrected chi connectivity index (χ3v) is 5.03. The third-order valence-electron chi connectivity index (χ3n) is 3.26. The van der Waals surface area contributed by atoms with Crippen LogP contribution in [0.4, 0.5) is 0 Å². The molecule has 0 unspecified atom stereocenters. The fraction of sp³-hybridized carbons (Fsp3) is 0. The van der Waals surface area contributed by atoms with Gasteiger partial charge in [0.1, 0.15) is 0 Å². The van der Waals surface area contributed by atoms with E-state index in [2.05, 4.69) is 10.7 Å². The number of carbonyl (C=O) groups is 2. The van der Waals surface area contributed by atoms with Crippen molar-refractivity contribution in [2.45, 2.75) is 9.79 Å². The number of terminal acetylenes is 1. The maximum absolute atomic E-state index is 12.5. The molecule has 3 rings (SSSR count). The third kappa shape index (κ3) is 2.08. The van der Waals surface area contributed by atoms with Gasteiger partial charge in [-0.3, -0.25) is 0 Å². The molecule has 2 aromatic carbocycles. The topological polar surface area (TPSA) is 77.5 Å². The van der Waals surface area contributed by atoms with Gasteiger partial charge in [-0.2, -0.15) is 0 Å². The number of hydrogen-bond acceptors (Lipinski definition) is 5. The van der Waals surface area contributed by atoms with Gasteiger partial charge < -0.3 is 4.74 Å². The second-order valence-corrected chi connectivity index (χ2v) is 6.51. The van der Waals surface area contributed by atoms with E-state index >= 15 is 0 Å². The van der Waals surface area contributed by atoms with Gasteiger partial charge in [0.2, 0.25) is 9.84 Å². The summed E-state index contributed by atoms with van der Waals surface area (Å²) < 4.78 is 29.5. The first kappa shape index (κ1) is 14.0. The van der Waals surface area contributed by atoms with Crippen LogP contribution >= 0.6 is 0 Å². The highest BCUT2D eigenvalue weighted by Gasteiger charge is 2.31. The molecule has 0 spiro atoms. The van der Waals surface area contributed by atoms with E-state index in [1.165, 1.54) is 36.4 Å². The van der Waals surface area contributed by atoms with Crippen molar-refractivity contribution in [3.63, 3.8) is 0 Å². The fourth-order valence-electron chi connectivity index (χ4n) is 2.10. The highest BCUT2D eigenvalue weighted by Crippen LogP contribution is 2.27. The quantitative estimate of drug-likeness (QED) is 0.480. The van der Waals surface area contributed by atoms with Crippen LogP contribution in [0.3, 0.4) is 0 Å². The SMILES string of the molecule is C#Cc1ccc(S(=O)(=O)c2ccc3c(c2)C(=O)OC3=O)cc1. The summed E-state index contributed by atoms with van der Waals surface area (Å²) in [4.78, 5) is 22.8. The first-order valence-corrected chi connectivity index (χ1v) is 7.64. The highest BCUT2D eigenvalue weighted by atomic mass is 32.2. The maximum atomic E-state index is 12.5. The van der Waals surface area contributed by atoms with Crippen molar-refractivity contribution in [2.24, 2.45) is 0 Å². The number of sulfone groups is 1. The Kier molecular flexibility index (Phi) is 3.08. The molecule has 0 saturated heterocycles. The van der Waals surface area contributed by atoms with Gasteiger partial charge in [-0.15, -0.1) is 6.42 Å². The second-order valence-electron chi connectivity index (χ2n) is 4.56. The van der Waals surface area contributed by atoms with Gasteiger partial charge >= 0.3 is 11.9 Å². The predicted octanol–water partition coefficient (Wildman–Crippen LogP) is 1.81. The lowest BCUT2D eigenvalue weighted by molar-refractivity contribution is 0.0443. The molecule has 0 saturated carbocycles. The molecule has 0 fully saturated rings. The minimum absolute atomic E-state index is 0.0455. The Labute approximate surface area is 126 Å². The van der Waals surface area contributed by atoms with Crippen molar-refractivity contribution in [3.05, 3.63) is 59.2 Å². The number of carbonyl (C=O) groups excluding carboxylic acids is 2. The molecule has 1 heterocycles. The van der Waals surface area contributed by atoms with Gasteiger partial charge in [0.25, 0.3) is 0 Å². The van der Waals surface area contributed by atoms with Crippen molar-refractivity contribution in [2.75, 3.05) is 0 Å². The van der Waals surface area contributed by atoms with Gasteiger partial charge in [-0.25, -0.2) is 18.0 Å². The normalized spacial score (nSPS) is 13.4. The zero-order valence-electron chi connectivity index (χ0n) is 11.1. The van der Waals surface area contributed by atoms with Crippen molar-refractivity contribution in [1.82, 2.24) is 0 Å². The van der Waals surface area contributed by atoms with E-state index in [4.69, 9.17) is 6.42 Å². The smallest absolute Gasteiger partial charge is 0.346 e. The molecule has 0 bridgehead atoms. The number of hydrogen-bond donors (Lipinski definition) is 0. The summed E-state index contributed by atoms with van der Waals surface area (Å²) in [6, 6.07) is 9.49. The molecule has 5 nitrogen and oxygen atoms in total. The maximum Gasteiger partial charge on any atom is 0.346 e. The Morgan fingerprint density at radius 2 is 1.45 bits per heavy atom. The van der Waals surface area contributed by atoms with Crippen LogP contribution in [0.1, 0.15) is 26.3 Å². The van der Waals surface area contributed by atoms with E-state index in [0.717, 1.165) is 6.07 Å². The summed E-state index contributed by atoms with van der Waals surface area (Å²) in [5.41, 5.74) is 0.569. The summed E-state index contributed by atoms with van der Waals surface area (Å²) in [6.45, 7) is 0. The van der Waals surface area contributed by atoms with Crippen LogP contribution in [0, 0.1) is 12.3 Å². The summed E-state index contributed by atoms with van der Waals surface area (Å²) in [6.07, 6.45) is 5.23. The van der Waals surface area contributed by atoms with Gasteiger partial charge in [-0.1, -0.05) is 5.92 Å². The lowest BCUT2D eigenvalue weighted by Gasteiger charge is -2.05. The van der Waals surface area contributed by atoms with Crippen LogP contribution in [0.25, 0.3) is 0 Å². The minimum Gasteiger partial charge on any atom is -0.386 e. The first-order chi connectivity index (χ1) is 10.4. The Hall–Kier alpha value is -2.91. The average Bonchev–Trinajstić information content (AvgIpc) is 2.81. The van der Waals surface area contributed by atoms with E-state index in [1.54, 1.807) is 0 Å². The molecule has 6 heteroatoms. The lowest BCUT2D eigenvalue weighted by Crippen LogP contribution is -2.04. The van der Waals surface area contributed by atoms with Crippen LogP contribution in [-0.4, -0.2) is 20.4 Å².